The molecular formula is C12H14O4. The molecule has 0 aliphatic carbocycles. The average Bonchev–Trinajstić information content (AvgIpc) is 2.31. The normalized spacial score (nSPS) is 9.62. The van der Waals surface area contributed by atoms with Gasteiger partial charge in [0.15, 0.2) is 0 Å². The molecule has 0 atom stereocenters. The summed E-state index contributed by atoms with van der Waals surface area (Å²) in [6, 6.07) is 7.24. The lowest BCUT2D eigenvalue weighted by atomic mass is 10.0. The summed E-state index contributed by atoms with van der Waals surface area (Å²) in [5.74, 6) is -0.644. The minimum absolute atomic E-state index is 0.170. The van der Waals surface area contributed by atoms with Gasteiger partial charge in [-0.25, -0.2) is 0 Å². The molecule has 0 N–H and O–H groups in total. The summed E-state index contributed by atoms with van der Waals surface area (Å²) < 4.78 is 9.17. The van der Waals surface area contributed by atoms with Crippen molar-refractivity contribution in [1.82, 2.24) is 0 Å². The SMILES string of the molecule is COC(=O)Cc1ccccc1CC(=O)OC. The van der Waals surface area contributed by atoms with E-state index in [-0.39, 0.29) is 24.8 Å². The van der Waals surface area contributed by atoms with Crippen LogP contribution in [0.5, 0.6) is 0 Å². The van der Waals surface area contributed by atoms with E-state index in [0.29, 0.717) is 0 Å². The lowest BCUT2D eigenvalue weighted by Gasteiger charge is -2.07. The Hall–Kier alpha value is -1.84. The Labute approximate surface area is 94.2 Å². The maximum absolute atomic E-state index is 11.2. The van der Waals surface area contributed by atoms with Gasteiger partial charge >= 0.3 is 11.9 Å². The second-order valence-electron chi connectivity index (χ2n) is 3.27. The van der Waals surface area contributed by atoms with Gasteiger partial charge in [-0.2, -0.15) is 0 Å². The van der Waals surface area contributed by atoms with E-state index in [2.05, 4.69) is 9.47 Å². The van der Waals surface area contributed by atoms with E-state index in [0.717, 1.165) is 11.1 Å². The highest BCUT2D eigenvalue weighted by Gasteiger charge is 2.10. The van der Waals surface area contributed by atoms with Gasteiger partial charge in [-0.15, -0.1) is 0 Å². The van der Waals surface area contributed by atoms with Crippen LogP contribution in [0.4, 0.5) is 0 Å². The molecule has 0 heterocycles. The molecule has 86 valence electrons. The maximum Gasteiger partial charge on any atom is 0.309 e. The van der Waals surface area contributed by atoms with Crippen LogP contribution in [0.1, 0.15) is 11.1 Å². The third-order valence-electron chi connectivity index (χ3n) is 2.24. The highest BCUT2D eigenvalue weighted by molar-refractivity contribution is 5.76. The maximum atomic E-state index is 11.2. The monoisotopic (exact) mass is 222 g/mol. The summed E-state index contributed by atoms with van der Waals surface area (Å²) >= 11 is 0. The number of esters is 2. The van der Waals surface area contributed by atoms with Crippen molar-refractivity contribution in [3.05, 3.63) is 35.4 Å². The van der Waals surface area contributed by atoms with E-state index in [9.17, 15) is 9.59 Å². The van der Waals surface area contributed by atoms with Crippen LogP contribution in [0.15, 0.2) is 24.3 Å². The van der Waals surface area contributed by atoms with Crippen LogP contribution in [0, 0.1) is 0 Å². The Morgan fingerprint density at radius 1 is 0.938 bits per heavy atom. The number of methoxy groups -OCH3 is 2. The number of hydrogen-bond donors (Lipinski definition) is 0. The summed E-state index contributed by atoms with van der Waals surface area (Å²) in [5.41, 5.74) is 1.58. The molecule has 0 unspecified atom stereocenters. The fourth-order valence-electron chi connectivity index (χ4n) is 1.36. The molecule has 0 amide bonds. The zero-order chi connectivity index (χ0) is 12.0. The molecule has 1 aromatic rings. The van der Waals surface area contributed by atoms with Crippen molar-refractivity contribution in [2.45, 2.75) is 12.8 Å². The summed E-state index contributed by atoms with van der Waals surface area (Å²) in [6.45, 7) is 0. The highest BCUT2D eigenvalue weighted by Crippen LogP contribution is 2.11. The fraction of sp³-hybridized carbons (Fsp3) is 0.333. The predicted octanol–water partition coefficient (Wildman–Crippen LogP) is 1.12. The van der Waals surface area contributed by atoms with Gasteiger partial charge in [0.1, 0.15) is 0 Å². The number of hydrogen-bond acceptors (Lipinski definition) is 4. The summed E-state index contributed by atoms with van der Waals surface area (Å²) in [7, 11) is 2.68. The molecule has 16 heavy (non-hydrogen) atoms. The van der Waals surface area contributed by atoms with Crippen molar-refractivity contribution < 1.29 is 19.1 Å². The van der Waals surface area contributed by atoms with Crippen molar-refractivity contribution in [3.8, 4) is 0 Å². The average molecular weight is 222 g/mol. The number of benzene rings is 1. The van der Waals surface area contributed by atoms with Crippen molar-refractivity contribution in [2.24, 2.45) is 0 Å². The minimum Gasteiger partial charge on any atom is -0.469 e. The Morgan fingerprint density at radius 2 is 1.31 bits per heavy atom. The molecule has 0 fully saturated rings. The lowest BCUT2D eigenvalue weighted by Crippen LogP contribution is -2.10. The molecule has 4 heteroatoms. The Kier molecular flexibility index (Phi) is 4.51. The Bertz CT molecular complexity index is 347. The van der Waals surface area contributed by atoms with Crippen LogP contribution in [0.2, 0.25) is 0 Å². The third kappa shape index (κ3) is 3.38. The summed E-state index contributed by atoms with van der Waals surface area (Å²) in [5, 5.41) is 0. The van der Waals surface area contributed by atoms with Gasteiger partial charge in [-0.1, -0.05) is 24.3 Å². The van der Waals surface area contributed by atoms with Gasteiger partial charge < -0.3 is 9.47 Å². The summed E-state index contributed by atoms with van der Waals surface area (Å²) in [4.78, 5) is 22.3. The van der Waals surface area contributed by atoms with E-state index < -0.39 is 0 Å². The van der Waals surface area contributed by atoms with Crippen LogP contribution in [-0.2, 0) is 31.9 Å². The molecule has 4 nitrogen and oxygen atoms in total. The molecule has 0 bridgehead atoms. The molecule has 0 saturated heterocycles. The van der Waals surface area contributed by atoms with E-state index in [1.807, 2.05) is 12.1 Å². The molecular weight excluding hydrogens is 208 g/mol. The van der Waals surface area contributed by atoms with Crippen LogP contribution in [0.25, 0.3) is 0 Å². The number of ether oxygens (including phenoxy) is 2. The van der Waals surface area contributed by atoms with Gasteiger partial charge in [0.05, 0.1) is 27.1 Å². The van der Waals surface area contributed by atoms with E-state index in [4.69, 9.17) is 0 Å². The molecule has 0 aliphatic rings. The van der Waals surface area contributed by atoms with Crippen molar-refractivity contribution in [3.63, 3.8) is 0 Å². The fourth-order valence-corrected chi connectivity index (χ4v) is 1.36. The predicted molar refractivity (Wildman–Crippen MR) is 57.9 cm³/mol. The van der Waals surface area contributed by atoms with Crippen molar-refractivity contribution >= 4 is 11.9 Å². The second kappa shape index (κ2) is 5.90. The minimum atomic E-state index is -0.322. The van der Waals surface area contributed by atoms with E-state index >= 15 is 0 Å². The van der Waals surface area contributed by atoms with E-state index in [1.54, 1.807) is 12.1 Å². The topological polar surface area (TPSA) is 52.6 Å². The van der Waals surface area contributed by atoms with Crippen LogP contribution in [-0.4, -0.2) is 26.2 Å². The van der Waals surface area contributed by atoms with Gasteiger partial charge in [-0.05, 0) is 11.1 Å². The molecule has 0 saturated carbocycles. The van der Waals surface area contributed by atoms with Crippen LogP contribution >= 0.6 is 0 Å². The first-order valence-corrected chi connectivity index (χ1v) is 4.87. The van der Waals surface area contributed by atoms with Gasteiger partial charge in [0, 0.05) is 0 Å². The van der Waals surface area contributed by atoms with Crippen LogP contribution < -0.4 is 0 Å². The standard InChI is InChI=1S/C12H14O4/c1-15-11(13)7-9-5-3-4-6-10(9)8-12(14)16-2/h3-6H,7-8H2,1-2H3. The zero-order valence-electron chi connectivity index (χ0n) is 9.36. The zero-order valence-corrected chi connectivity index (χ0v) is 9.36. The second-order valence-corrected chi connectivity index (χ2v) is 3.27. The van der Waals surface area contributed by atoms with Crippen molar-refractivity contribution in [1.29, 1.82) is 0 Å². The number of carbonyl (C=O) groups is 2. The first-order valence-electron chi connectivity index (χ1n) is 4.87. The molecule has 1 aromatic carbocycles. The van der Waals surface area contributed by atoms with Gasteiger partial charge in [-0.3, -0.25) is 9.59 Å². The molecule has 0 spiro atoms. The molecule has 0 radical (unpaired) electrons. The van der Waals surface area contributed by atoms with Crippen molar-refractivity contribution in [2.75, 3.05) is 14.2 Å². The largest absolute Gasteiger partial charge is 0.469 e. The molecule has 0 aromatic heterocycles. The first-order chi connectivity index (χ1) is 7.67. The lowest BCUT2D eigenvalue weighted by molar-refractivity contribution is -0.141. The van der Waals surface area contributed by atoms with E-state index in [1.165, 1.54) is 14.2 Å². The van der Waals surface area contributed by atoms with Gasteiger partial charge in [0.25, 0.3) is 0 Å². The summed E-state index contributed by atoms with van der Waals surface area (Å²) in [6.07, 6.45) is 0.341. The highest BCUT2D eigenvalue weighted by atomic mass is 16.5. The Balaban J connectivity index is 2.83. The number of rotatable bonds is 4. The molecule has 1 rings (SSSR count). The molecule has 0 aliphatic heterocycles. The first kappa shape index (κ1) is 12.2. The Morgan fingerprint density at radius 3 is 1.62 bits per heavy atom. The quantitative estimate of drug-likeness (QED) is 0.716. The number of carbonyl (C=O) groups excluding carboxylic acids is 2. The van der Waals surface area contributed by atoms with Crippen LogP contribution in [0.3, 0.4) is 0 Å². The third-order valence-corrected chi connectivity index (χ3v) is 2.24. The van der Waals surface area contributed by atoms with Gasteiger partial charge in [0.2, 0.25) is 0 Å². The smallest absolute Gasteiger partial charge is 0.309 e.